The number of carboxylic acid groups (broad SMARTS) is 1. The summed E-state index contributed by atoms with van der Waals surface area (Å²) < 4.78 is 10.5. The molecule has 0 aromatic heterocycles. The molecular weight excluding hydrogens is 424 g/mol. The van der Waals surface area contributed by atoms with Gasteiger partial charge in [0.2, 0.25) is 5.91 Å². The van der Waals surface area contributed by atoms with Crippen molar-refractivity contribution in [1.29, 1.82) is 0 Å². The predicted octanol–water partition coefficient (Wildman–Crippen LogP) is 3.25. The second-order valence-corrected chi connectivity index (χ2v) is 8.06. The lowest BCUT2D eigenvalue weighted by Gasteiger charge is -2.24. The van der Waals surface area contributed by atoms with E-state index < -0.39 is 18.1 Å². The molecule has 0 saturated heterocycles. The van der Waals surface area contributed by atoms with Crippen LogP contribution >= 0.6 is 0 Å². The van der Waals surface area contributed by atoms with E-state index in [9.17, 15) is 14.4 Å². The first-order valence-electron chi connectivity index (χ1n) is 11.0. The van der Waals surface area contributed by atoms with Crippen LogP contribution in [0.5, 0.6) is 0 Å². The molecule has 1 aliphatic rings. The van der Waals surface area contributed by atoms with Crippen molar-refractivity contribution in [2.24, 2.45) is 0 Å². The molecule has 2 aromatic carbocycles. The molecule has 2 amide bonds. The Kier molecular flexibility index (Phi) is 8.43. The first-order chi connectivity index (χ1) is 15.9. The van der Waals surface area contributed by atoms with Gasteiger partial charge in [0.1, 0.15) is 12.6 Å². The van der Waals surface area contributed by atoms with Crippen molar-refractivity contribution in [2.45, 2.75) is 31.2 Å². The van der Waals surface area contributed by atoms with Crippen LogP contribution in [-0.2, 0) is 19.1 Å². The zero-order valence-corrected chi connectivity index (χ0v) is 19.0. The summed E-state index contributed by atoms with van der Waals surface area (Å²) in [5, 5.41) is 11.6. The summed E-state index contributed by atoms with van der Waals surface area (Å²) in [6.45, 7) is 1.04. The largest absolute Gasteiger partial charge is 0.481 e. The van der Waals surface area contributed by atoms with E-state index in [-0.39, 0.29) is 31.3 Å². The summed E-state index contributed by atoms with van der Waals surface area (Å²) in [7, 11) is 3.20. The number of benzene rings is 2. The molecule has 3 rings (SSSR count). The van der Waals surface area contributed by atoms with Crippen LogP contribution in [0.3, 0.4) is 0 Å². The molecule has 0 fully saturated rings. The van der Waals surface area contributed by atoms with Gasteiger partial charge in [0.05, 0.1) is 0 Å². The van der Waals surface area contributed by atoms with Crippen LogP contribution in [0, 0.1) is 0 Å². The minimum Gasteiger partial charge on any atom is -0.481 e. The fourth-order valence-electron chi connectivity index (χ4n) is 4.13. The number of hydrogen-bond donors (Lipinski definition) is 2. The maximum Gasteiger partial charge on any atom is 0.407 e. The van der Waals surface area contributed by atoms with E-state index in [4.69, 9.17) is 14.6 Å². The first-order valence-corrected chi connectivity index (χ1v) is 11.0. The van der Waals surface area contributed by atoms with Gasteiger partial charge in [-0.15, -0.1) is 0 Å². The molecule has 2 N–H and O–H groups in total. The third-order valence-electron chi connectivity index (χ3n) is 5.80. The number of nitrogens with one attached hydrogen (secondary N) is 1. The topological polar surface area (TPSA) is 105 Å². The highest BCUT2D eigenvalue weighted by Crippen LogP contribution is 2.44. The first kappa shape index (κ1) is 24.3. The molecule has 0 heterocycles. The average Bonchev–Trinajstić information content (AvgIpc) is 3.13. The highest BCUT2D eigenvalue weighted by molar-refractivity contribution is 5.86. The Bertz CT molecular complexity index is 947. The number of aliphatic carboxylic acids is 1. The van der Waals surface area contributed by atoms with Gasteiger partial charge in [-0.1, -0.05) is 48.5 Å². The maximum atomic E-state index is 12.8. The Labute approximate surface area is 193 Å². The average molecular weight is 455 g/mol. The van der Waals surface area contributed by atoms with Gasteiger partial charge >= 0.3 is 12.1 Å². The Hall–Kier alpha value is -3.39. The van der Waals surface area contributed by atoms with Crippen LogP contribution in [0.25, 0.3) is 11.1 Å². The lowest BCUT2D eigenvalue weighted by Crippen LogP contribution is -2.48. The molecule has 2 aromatic rings. The number of hydrogen-bond acceptors (Lipinski definition) is 5. The van der Waals surface area contributed by atoms with E-state index in [1.165, 1.54) is 4.90 Å². The van der Waals surface area contributed by atoms with Gasteiger partial charge < -0.3 is 24.8 Å². The van der Waals surface area contributed by atoms with E-state index in [0.717, 1.165) is 22.3 Å². The third kappa shape index (κ3) is 6.10. The minimum atomic E-state index is -1.04. The molecule has 0 bridgehead atoms. The molecule has 0 radical (unpaired) electrons. The summed E-state index contributed by atoms with van der Waals surface area (Å²) in [6.07, 6.45) is -0.375. The summed E-state index contributed by atoms with van der Waals surface area (Å²) in [5.74, 6) is -1.50. The van der Waals surface area contributed by atoms with Crippen molar-refractivity contribution in [1.82, 2.24) is 10.2 Å². The molecule has 0 saturated carbocycles. The van der Waals surface area contributed by atoms with Gasteiger partial charge in [-0.3, -0.25) is 9.59 Å². The van der Waals surface area contributed by atoms with Crippen LogP contribution < -0.4 is 5.32 Å². The molecule has 8 heteroatoms. The molecule has 0 spiro atoms. The van der Waals surface area contributed by atoms with Crippen molar-refractivity contribution in [3.05, 3.63) is 59.7 Å². The molecule has 33 heavy (non-hydrogen) atoms. The second kappa shape index (κ2) is 11.5. The summed E-state index contributed by atoms with van der Waals surface area (Å²) in [4.78, 5) is 37.9. The normalized spacial score (nSPS) is 13.0. The van der Waals surface area contributed by atoms with Crippen molar-refractivity contribution in [3.8, 4) is 11.1 Å². The van der Waals surface area contributed by atoms with Gasteiger partial charge in [0.25, 0.3) is 0 Å². The van der Waals surface area contributed by atoms with Crippen LogP contribution in [0.4, 0.5) is 4.79 Å². The van der Waals surface area contributed by atoms with Gasteiger partial charge in [-0.25, -0.2) is 4.79 Å². The molecule has 1 aliphatic carbocycles. The van der Waals surface area contributed by atoms with Gasteiger partial charge in [-0.05, 0) is 35.1 Å². The van der Waals surface area contributed by atoms with E-state index in [2.05, 4.69) is 5.32 Å². The van der Waals surface area contributed by atoms with Crippen LogP contribution in [-0.4, -0.2) is 67.9 Å². The predicted molar refractivity (Wildman–Crippen MR) is 123 cm³/mol. The summed E-state index contributed by atoms with van der Waals surface area (Å²) in [5.41, 5.74) is 4.41. The van der Waals surface area contributed by atoms with Crippen LogP contribution in [0.2, 0.25) is 0 Å². The monoisotopic (exact) mass is 454 g/mol. The number of carbonyl (C=O) groups excluding carboxylic acids is 2. The molecule has 176 valence electrons. The lowest BCUT2D eigenvalue weighted by atomic mass is 9.98. The molecular formula is C25H30N2O6. The fraction of sp³-hybridized carbons (Fsp3) is 0.400. The van der Waals surface area contributed by atoms with Gasteiger partial charge in [0, 0.05) is 39.6 Å². The Balaban J connectivity index is 1.64. The number of carboxylic acids is 1. The summed E-state index contributed by atoms with van der Waals surface area (Å²) >= 11 is 0. The number of ether oxygens (including phenoxy) is 2. The SMILES string of the molecule is COCCCN(C)C(=O)C(CCC(=O)O)NC(=O)OCC1c2ccccc2-c2ccccc21. The number of amides is 2. The molecule has 8 nitrogen and oxygen atoms in total. The molecule has 1 unspecified atom stereocenters. The number of nitrogens with zero attached hydrogens (tertiary/aromatic N) is 1. The maximum absolute atomic E-state index is 12.8. The Morgan fingerprint density at radius 3 is 2.24 bits per heavy atom. The number of rotatable bonds is 11. The number of likely N-dealkylation sites (N-methyl/N-ethyl adjacent to an activating group) is 1. The highest BCUT2D eigenvalue weighted by atomic mass is 16.5. The van der Waals surface area contributed by atoms with Crippen molar-refractivity contribution >= 4 is 18.0 Å². The number of fused-ring (bicyclic) bond motifs is 3. The van der Waals surface area contributed by atoms with E-state index in [0.29, 0.717) is 19.6 Å². The Morgan fingerprint density at radius 1 is 1.06 bits per heavy atom. The summed E-state index contributed by atoms with van der Waals surface area (Å²) in [6, 6.07) is 15.0. The standard InChI is InChI=1S/C25H30N2O6/c1-27(14-7-15-32-2)24(30)22(12-13-23(28)29)26-25(31)33-16-21-19-10-5-3-8-17(19)18-9-4-6-11-20(18)21/h3-6,8-11,21-22H,7,12-16H2,1-2H3,(H,26,31)(H,28,29). The van der Waals surface area contributed by atoms with Gasteiger partial charge in [0.15, 0.2) is 0 Å². The zero-order chi connectivity index (χ0) is 23.8. The third-order valence-corrected chi connectivity index (χ3v) is 5.80. The number of carbonyl (C=O) groups is 3. The fourth-order valence-corrected chi connectivity index (χ4v) is 4.13. The van der Waals surface area contributed by atoms with Crippen molar-refractivity contribution < 1.29 is 29.0 Å². The van der Waals surface area contributed by atoms with Crippen LogP contribution in [0.15, 0.2) is 48.5 Å². The van der Waals surface area contributed by atoms with Crippen molar-refractivity contribution in [2.75, 3.05) is 33.9 Å². The zero-order valence-electron chi connectivity index (χ0n) is 19.0. The van der Waals surface area contributed by atoms with Gasteiger partial charge in [-0.2, -0.15) is 0 Å². The minimum absolute atomic E-state index is 0.0209. The molecule has 0 aliphatic heterocycles. The van der Waals surface area contributed by atoms with E-state index >= 15 is 0 Å². The highest BCUT2D eigenvalue weighted by Gasteiger charge is 2.30. The van der Waals surface area contributed by atoms with E-state index in [1.807, 2.05) is 48.5 Å². The molecule has 1 atom stereocenters. The smallest absolute Gasteiger partial charge is 0.407 e. The van der Waals surface area contributed by atoms with Crippen molar-refractivity contribution in [3.63, 3.8) is 0 Å². The second-order valence-electron chi connectivity index (χ2n) is 8.06. The quantitative estimate of drug-likeness (QED) is 0.505. The lowest BCUT2D eigenvalue weighted by molar-refractivity contribution is -0.137. The number of alkyl carbamates (subject to hydrolysis) is 1. The number of methoxy groups -OCH3 is 1. The van der Waals surface area contributed by atoms with E-state index in [1.54, 1.807) is 14.2 Å². The Morgan fingerprint density at radius 2 is 1.67 bits per heavy atom. The van der Waals surface area contributed by atoms with Crippen LogP contribution in [0.1, 0.15) is 36.3 Å².